The van der Waals surface area contributed by atoms with E-state index >= 15 is 0 Å². The van der Waals surface area contributed by atoms with Gasteiger partial charge in [0.05, 0.1) is 0 Å². The fourth-order valence-corrected chi connectivity index (χ4v) is 2.85. The SMILES string of the molecule is NC[C@@H]1CCCN2CCCC[C@H]12. The second-order valence-corrected chi connectivity index (χ2v) is 4.24. The van der Waals surface area contributed by atoms with Crippen LogP contribution in [0.4, 0.5) is 0 Å². The number of nitrogens with zero attached hydrogens (tertiary/aromatic N) is 1. The Morgan fingerprint density at radius 3 is 2.75 bits per heavy atom. The molecule has 2 saturated heterocycles. The molecule has 2 aliphatic rings. The number of nitrogens with two attached hydrogens (primary N) is 1. The summed E-state index contributed by atoms with van der Waals surface area (Å²) in [7, 11) is 0. The van der Waals surface area contributed by atoms with Crippen LogP contribution in [0.15, 0.2) is 0 Å². The predicted molar refractivity (Wildman–Crippen MR) is 51.0 cm³/mol. The highest BCUT2D eigenvalue weighted by molar-refractivity contribution is 4.87. The van der Waals surface area contributed by atoms with E-state index in [-0.39, 0.29) is 0 Å². The van der Waals surface area contributed by atoms with Crippen LogP contribution in [0.25, 0.3) is 0 Å². The maximum absolute atomic E-state index is 5.78. The van der Waals surface area contributed by atoms with Crippen LogP contribution in [-0.4, -0.2) is 30.6 Å². The van der Waals surface area contributed by atoms with Crippen molar-refractivity contribution >= 4 is 0 Å². The lowest BCUT2D eigenvalue weighted by molar-refractivity contribution is 0.0632. The first-order chi connectivity index (χ1) is 5.92. The standard InChI is InChI=1S/C10H20N2/c11-8-9-4-3-7-12-6-2-1-5-10(9)12/h9-10H,1-8,11H2/t9-,10+/m0/s1. The molecule has 0 aliphatic carbocycles. The molecule has 70 valence electrons. The molecule has 0 unspecified atom stereocenters. The van der Waals surface area contributed by atoms with E-state index in [4.69, 9.17) is 5.73 Å². The van der Waals surface area contributed by atoms with E-state index in [0.29, 0.717) is 0 Å². The quantitative estimate of drug-likeness (QED) is 0.637. The Morgan fingerprint density at radius 2 is 1.92 bits per heavy atom. The van der Waals surface area contributed by atoms with Gasteiger partial charge in [0.15, 0.2) is 0 Å². The van der Waals surface area contributed by atoms with Crippen LogP contribution in [0.5, 0.6) is 0 Å². The van der Waals surface area contributed by atoms with Crippen molar-refractivity contribution in [2.75, 3.05) is 19.6 Å². The lowest BCUT2D eigenvalue weighted by Gasteiger charge is -2.44. The summed E-state index contributed by atoms with van der Waals surface area (Å²) in [5.74, 6) is 0.805. The van der Waals surface area contributed by atoms with Crippen LogP contribution in [0.2, 0.25) is 0 Å². The molecular weight excluding hydrogens is 148 g/mol. The third-order valence-corrected chi connectivity index (χ3v) is 3.53. The smallest absolute Gasteiger partial charge is 0.0136 e. The summed E-state index contributed by atoms with van der Waals surface area (Å²) in [5.41, 5.74) is 5.78. The van der Waals surface area contributed by atoms with Crippen molar-refractivity contribution in [2.45, 2.75) is 38.1 Å². The zero-order valence-electron chi connectivity index (χ0n) is 7.84. The Balaban J connectivity index is 1.99. The van der Waals surface area contributed by atoms with Gasteiger partial charge in [-0.2, -0.15) is 0 Å². The van der Waals surface area contributed by atoms with Crippen molar-refractivity contribution in [2.24, 2.45) is 11.7 Å². The molecule has 2 fully saturated rings. The Kier molecular flexibility index (Phi) is 2.66. The number of fused-ring (bicyclic) bond motifs is 1. The fourth-order valence-electron chi connectivity index (χ4n) is 2.85. The predicted octanol–water partition coefficient (Wildman–Crippen LogP) is 1.21. The average Bonchev–Trinajstić information content (AvgIpc) is 2.17. The highest BCUT2D eigenvalue weighted by atomic mass is 15.2. The van der Waals surface area contributed by atoms with E-state index in [1.807, 2.05) is 0 Å². The molecule has 0 bridgehead atoms. The Morgan fingerprint density at radius 1 is 1.08 bits per heavy atom. The van der Waals surface area contributed by atoms with Gasteiger partial charge < -0.3 is 10.6 Å². The first kappa shape index (κ1) is 8.52. The summed E-state index contributed by atoms with van der Waals surface area (Å²) >= 11 is 0. The molecule has 2 aliphatic heterocycles. The van der Waals surface area contributed by atoms with Crippen molar-refractivity contribution in [3.8, 4) is 0 Å². The minimum Gasteiger partial charge on any atom is -0.330 e. The van der Waals surface area contributed by atoms with E-state index < -0.39 is 0 Å². The number of hydrogen-bond donors (Lipinski definition) is 1. The zero-order valence-corrected chi connectivity index (χ0v) is 7.84. The van der Waals surface area contributed by atoms with Gasteiger partial charge >= 0.3 is 0 Å². The van der Waals surface area contributed by atoms with E-state index in [2.05, 4.69) is 4.90 Å². The van der Waals surface area contributed by atoms with Crippen LogP contribution < -0.4 is 5.73 Å². The number of piperidine rings is 2. The number of hydrogen-bond acceptors (Lipinski definition) is 2. The Bertz CT molecular complexity index is 138. The fraction of sp³-hybridized carbons (Fsp3) is 1.00. The van der Waals surface area contributed by atoms with Gasteiger partial charge in [0.25, 0.3) is 0 Å². The van der Waals surface area contributed by atoms with Gasteiger partial charge in [-0.1, -0.05) is 6.42 Å². The molecule has 2 rings (SSSR count). The van der Waals surface area contributed by atoms with E-state index in [0.717, 1.165) is 18.5 Å². The van der Waals surface area contributed by atoms with Gasteiger partial charge in [-0.15, -0.1) is 0 Å². The maximum Gasteiger partial charge on any atom is 0.0136 e. The number of rotatable bonds is 1. The highest BCUT2D eigenvalue weighted by Crippen LogP contribution is 2.29. The lowest BCUT2D eigenvalue weighted by atomic mass is 9.84. The molecule has 0 saturated carbocycles. The topological polar surface area (TPSA) is 29.3 Å². The van der Waals surface area contributed by atoms with Crippen LogP contribution >= 0.6 is 0 Å². The molecular formula is C10H20N2. The summed E-state index contributed by atoms with van der Waals surface area (Å²) in [6.45, 7) is 3.57. The zero-order chi connectivity index (χ0) is 8.39. The van der Waals surface area contributed by atoms with E-state index in [9.17, 15) is 0 Å². The molecule has 2 N–H and O–H groups in total. The monoisotopic (exact) mass is 168 g/mol. The third-order valence-electron chi connectivity index (χ3n) is 3.53. The van der Waals surface area contributed by atoms with Gasteiger partial charge in [0.1, 0.15) is 0 Å². The largest absolute Gasteiger partial charge is 0.330 e. The van der Waals surface area contributed by atoms with Crippen molar-refractivity contribution in [1.29, 1.82) is 0 Å². The van der Waals surface area contributed by atoms with Crippen molar-refractivity contribution < 1.29 is 0 Å². The van der Waals surface area contributed by atoms with Crippen LogP contribution in [-0.2, 0) is 0 Å². The van der Waals surface area contributed by atoms with Crippen molar-refractivity contribution in [3.63, 3.8) is 0 Å². The van der Waals surface area contributed by atoms with E-state index in [1.165, 1.54) is 45.2 Å². The second kappa shape index (κ2) is 3.75. The summed E-state index contributed by atoms with van der Waals surface area (Å²) in [4.78, 5) is 2.67. The summed E-state index contributed by atoms with van der Waals surface area (Å²) < 4.78 is 0. The van der Waals surface area contributed by atoms with Crippen molar-refractivity contribution in [3.05, 3.63) is 0 Å². The molecule has 12 heavy (non-hydrogen) atoms. The van der Waals surface area contributed by atoms with Crippen molar-refractivity contribution in [1.82, 2.24) is 4.90 Å². The molecule has 0 aromatic rings. The van der Waals surface area contributed by atoms with Gasteiger partial charge in [-0.05, 0) is 51.2 Å². The summed E-state index contributed by atoms with van der Waals surface area (Å²) in [6, 6.07) is 0.845. The summed E-state index contributed by atoms with van der Waals surface area (Å²) in [6.07, 6.45) is 6.99. The summed E-state index contributed by atoms with van der Waals surface area (Å²) in [5, 5.41) is 0. The van der Waals surface area contributed by atoms with E-state index in [1.54, 1.807) is 0 Å². The van der Waals surface area contributed by atoms with Crippen LogP contribution in [0.3, 0.4) is 0 Å². The van der Waals surface area contributed by atoms with Crippen LogP contribution in [0.1, 0.15) is 32.1 Å². The Hall–Kier alpha value is -0.0800. The second-order valence-electron chi connectivity index (χ2n) is 4.24. The first-order valence-corrected chi connectivity index (χ1v) is 5.36. The molecule has 2 heterocycles. The molecule has 0 radical (unpaired) electrons. The first-order valence-electron chi connectivity index (χ1n) is 5.36. The van der Waals surface area contributed by atoms with Crippen LogP contribution in [0, 0.1) is 5.92 Å². The maximum atomic E-state index is 5.78. The minimum absolute atomic E-state index is 0.805. The highest BCUT2D eigenvalue weighted by Gasteiger charge is 2.31. The van der Waals surface area contributed by atoms with Gasteiger partial charge in [-0.3, -0.25) is 0 Å². The molecule has 0 amide bonds. The Labute approximate surface area is 75.1 Å². The molecule has 2 nitrogen and oxygen atoms in total. The average molecular weight is 168 g/mol. The van der Waals surface area contributed by atoms with Gasteiger partial charge in [0.2, 0.25) is 0 Å². The molecule has 0 aromatic carbocycles. The molecule has 0 aromatic heterocycles. The molecule has 0 spiro atoms. The minimum atomic E-state index is 0.805. The lowest BCUT2D eigenvalue weighted by Crippen LogP contribution is -2.49. The third kappa shape index (κ3) is 1.50. The molecule has 2 atom stereocenters. The molecule has 2 heteroatoms. The normalized spacial score (nSPS) is 37.8. The van der Waals surface area contributed by atoms with Gasteiger partial charge in [-0.25, -0.2) is 0 Å². The van der Waals surface area contributed by atoms with Gasteiger partial charge in [0, 0.05) is 6.04 Å².